The number of nitrogens with zero attached hydrogens (tertiary/aromatic N) is 5. The molecule has 0 aliphatic carbocycles. The number of carbonyl (C=O) groups excluding carboxylic acids is 1. The Kier molecular flexibility index (Phi) is 6.50. The van der Waals surface area contributed by atoms with Gasteiger partial charge < -0.3 is 16.1 Å². The first kappa shape index (κ1) is 20.2. The molecule has 0 radical (unpaired) electrons. The van der Waals surface area contributed by atoms with Crippen molar-refractivity contribution in [2.45, 2.75) is 11.7 Å². The van der Waals surface area contributed by atoms with Gasteiger partial charge in [0.05, 0.1) is 5.75 Å². The zero-order valence-corrected chi connectivity index (χ0v) is 17.5. The van der Waals surface area contributed by atoms with Crippen molar-refractivity contribution in [3.8, 4) is 0 Å². The van der Waals surface area contributed by atoms with Crippen LogP contribution in [0.25, 0.3) is 0 Å². The van der Waals surface area contributed by atoms with Crippen molar-refractivity contribution in [1.82, 2.24) is 19.8 Å². The molecule has 156 valence electrons. The predicted octanol–water partition coefficient (Wildman–Crippen LogP) is 2.04. The third-order valence-corrected chi connectivity index (χ3v) is 5.97. The van der Waals surface area contributed by atoms with Gasteiger partial charge >= 0.3 is 0 Å². The van der Waals surface area contributed by atoms with Gasteiger partial charge in [-0.05, 0) is 29.8 Å². The Labute approximate surface area is 180 Å². The highest BCUT2D eigenvalue weighted by atomic mass is 32.2. The molecule has 0 bridgehead atoms. The van der Waals surface area contributed by atoms with E-state index in [9.17, 15) is 4.79 Å². The lowest BCUT2D eigenvalue weighted by molar-refractivity contribution is -0.113. The summed E-state index contributed by atoms with van der Waals surface area (Å²) in [7, 11) is 0. The van der Waals surface area contributed by atoms with Gasteiger partial charge in [-0.1, -0.05) is 42.1 Å². The van der Waals surface area contributed by atoms with E-state index in [-0.39, 0.29) is 11.7 Å². The number of hydrogen-bond donors (Lipinski definition) is 2. The Morgan fingerprint density at radius 3 is 2.43 bits per heavy atom. The largest absolute Gasteiger partial charge is 0.369 e. The second kappa shape index (κ2) is 9.64. The average Bonchev–Trinajstić information content (AvgIpc) is 3.19. The maximum absolute atomic E-state index is 12.1. The lowest BCUT2D eigenvalue weighted by Gasteiger charge is -2.36. The van der Waals surface area contributed by atoms with Gasteiger partial charge in [0.25, 0.3) is 0 Å². The molecule has 1 aromatic heterocycles. The Morgan fingerprint density at radius 2 is 1.77 bits per heavy atom. The summed E-state index contributed by atoms with van der Waals surface area (Å²) >= 11 is 1.25. The van der Waals surface area contributed by atoms with Gasteiger partial charge in [0.2, 0.25) is 11.1 Å². The molecule has 3 N–H and O–H groups in total. The summed E-state index contributed by atoms with van der Waals surface area (Å²) in [5.74, 6) is 5.76. The van der Waals surface area contributed by atoms with Crippen LogP contribution in [0.15, 0.2) is 66.1 Å². The molecule has 30 heavy (non-hydrogen) atoms. The molecule has 0 saturated carbocycles. The Bertz CT molecular complexity index is 953. The van der Waals surface area contributed by atoms with E-state index in [0.717, 1.165) is 38.4 Å². The molecule has 1 fully saturated rings. The summed E-state index contributed by atoms with van der Waals surface area (Å²) in [5.41, 5.74) is 3.31. The molecule has 0 atom stereocenters. The molecule has 0 spiro atoms. The minimum absolute atomic E-state index is 0.106. The first-order valence-corrected chi connectivity index (χ1v) is 10.8. The number of nitrogens with one attached hydrogen (secondary N) is 1. The van der Waals surface area contributed by atoms with Crippen LogP contribution in [0, 0.1) is 0 Å². The van der Waals surface area contributed by atoms with Crippen LogP contribution in [-0.2, 0) is 11.3 Å². The van der Waals surface area contributed by atoms with E-state index in [2.05, 4.69) is 67.8 Å². The summed E-state index contributed by atoms with van der Waals surface area (Å²) in [6.07, 6.45) is 1.40. The molecule has 9 heteroatoms. The fourth-order valence-electron chi connectivity index (χ4n) is 3.42. The summed E-state index contributed by atoms with van der Waals surface area (Å²) in [6, 6.07) is 18.6. The molecule has 1 aliphatic rings. The van der Waals surface area contributed by atoms with Crippen molar-refractivity contribution < 1.29 is 4.79 Å². The van der Waals surface area contributed by atoms with E-state index in [4.69, 9.17) is 5.84 Å². The quantitative estimate of drug-likeness (QED) is 0.444. The second-order valence-electron chi connectivity index (χ2n) is 7.15. The van der Waals surface area contributed by atoms with Crippen LogP contribution in [0.5, 0.6) is 0 Å². The minimum atomic E-state index is -0.106. The van der Waals surface area contributed by atoms with Crippen molar-refractivity contribution in [3.05, 3.63) is 66.5 Å². The number of thioether (sulfide) groups is 1. The molecule has 0 unspecified atom stereocenters. The monoisotopic (exact) mass is 423 g/mol. The van der Waals surface area contributed by atoms with E-state index in [1.54, 1.807) is 0 Å². The van der Waals surface area contributed by atoms with Crippen LogP contribution in [0.3, 0.4) is 0 Å². The average molecular weight is 424 g/mol. The maximum atomic E-state index is 12.1. The van der Waals surface area contributed by atoms with Gasteiger partial charge in [-0.2, -0.15) is 0 Å². The van der Waals surface area contributed by atoms with Crippen LogP contribution in [-0.4, -0.2) is 57.6 Å². The summed E-state index contributed by atoms with van der Waals surface area (Å²) in [6.45, 7) is 5.06. The van der Waals surface area contributed by atoms with Crippen molar-refractivity contribution in [2.24, 2.45) is 0 Å². The van der Waals surface area contributed by atoms with Gasteiger partial charge in [0.15, 0.2) is 0 Å². The van der Waals surface area contributed by atoms with E-state index in [1.807, 2.05) is 12.1 Å². The lowest BCUT2D eigenvalue weighted by Crippen LogP contribution is -2.45. The van der Waals surface area contributed by atoms with E-state index < -0.39 is 0 Å². The molecular weight excluding hydrogens is 398 g/mol. The maximum Gasteiger partial charge on any atom is 0.234 e. The third-order valence-electron chi connectivity index (χ3n) is 5.01. The van der Waals surface area contributed by atoms with Gasteiger partial charge in [0, 0.05) is 44.1 Å². The molecule has 4 rings (SSSR count). The number of aromatic nitrogens is 3. The van der Waals surface area contributed by atoms with Crippen LogP contribution >= 0.6 is 11.8 Å². The number of rotatable bonds is 7. The van der Waals surface area contributed by atoms with Gasteiger partial charge in [0.1, 0.15) is 6.33 Å². The first-order valence-electron chi connectivity index (χ1n) is 9.86. The molecule has 1 saturated heterocycles. The molecule has 3 aromatic rings. The van der Waals surface area contributed by atoms with Crippen LogP contribution in [0.4, 0.5) is 11.4 Å². The molecule has 2 aromatic carbocycles. The summed E-state index contributed by atoms with van der Waals surface area (Å²) in [4.78, 5) is 17.0. The Morgan fingerprint density at radius 1 is 1.03 bits per heavy atom. The number of anilines is 2. The fourth-order valence-corrected chi connectivity index (χ4v) is 4.06. The summed E-state index contributed by atoms with van der Waals surface area (Å²) in [5, 5.41) is 10.9. The van der Waals surface area contributed by atoms with Gasteiger partial charge in [-0.25, -0.2) is 4.68 Å². The topological polar surface area (TPSA) is 92.3 Å². The van der Waals surface area contributed by atoms with Gasteiger partial charge in [-0.15, -0.1) is 10.2 Å². The van der Waals surface area contributed by atoms with Gasteiger partial charge in [-0.3, -0.25) is 9.69 Å². The standard InChI is InChI=1S/C21H25N7OS/c22-28-16-23-25-21(28)30-15-20(29)24-18-6-8-19(9-7-18)27-12-10-26(11-13-27)14-17-4-2-1-3-5-17/h1-9,16H,10-15,22H2,(H,24,29). The Hall–Kier alpha value is -3.04. The number of nitrogen functional groups attached to an aromatic ring is 1. The predicted molar refractivity (Wildman–Crippen MR) is 120 cm³/mol. The SMILES string of the molecule is Nn1cnnc1SCC(=O)Nc1ccc(N2CCN(Cc3ccccc3)CC2)cc1. The number of hydrogen-bond acceptors (Lipinski definition) is 7. The number of nitrogens with two attached hydrogens (primary N) is 1. The highest BCUT2D eigenvalue weighted by Crippen LogP contribution is 2.21. The van der Waals surface area contributed by atoms with E-state index in [0.29, 0.717) is 5.16 Å². The number of piperazine rings is 1. The van der Waals surface area contributed by atoms with Crippen molar-refractivity contribution in [2.75, 3.05) is 48.0 Å². The smallest absolute Gasteiger partial charge is 0.234 e. The zero-order chi connectivity index (χ0) is 20.8. The molecule has 1 amide bonds. The van der Waals surface area contributed by atoms with Crippen molar-refractivity contribution >= 4 is 29.0 Å². The zero-order valence-electron chi connectivity index (χ0n) is 16.6. The van der Waals surface area contributed by atoms with Crippen LogP contribution in [0.2, 0.25) is 0 Å². The fraction of sp³-hybridized carbons (Fsp3) is 0.286. The third kappa shape index (κ3) is 5.31. The lowest BCUT2D eigenvalue weighted by atomic mass is 10.2. The van der Waals surface area contributed by atoms with E-state index >= 15 is 0 Å². The number of carbonyl (C=O) groups is 1. The second-order valence-corrected chi connectivity index (χ2v) is 8.10. The van der Waals surface area contributed by atoms with Crippen molar-refractivity contribution in [3.63, 3.8) is 0 Å². The Balaban J connectivity index is 1.23. The first-order chi connectivity index (χ1) is 14.7. The number of amides is 1. The van der Waals surface area contributed by atoms with Crippen molar-refractivity contribution in [1.29, 1.82) is 0 Å². The normalized spacial score (nSPS) is 14.6. The van der Waals surface area contributed by atoms with Crippen LogP contribution in [0.1, 0.15) is 5.56 Å². The molecule has 1 aliphatic heterocycles. The number of benzene rings is 2. The van der Waals surface area contributed by atoms with E-state index in [1.165, 1.54) is 34.0 Å². The minimum Gasteiger partial charge on any atom is -0.369 e. The highest BCUT2D eigenvalue weighted by molar-refractivity contribution is 7.99. The highest BCUT2D eigenvalue weighted by Gasteiger charge is 2.17. The molecular formula is C21H25N7OS. The molecule has 2 heterocycles. The van der Waals surface area contributed by atoms with Crippen LogP contribution < -0.4 is 16.1 Å². The summed E-state index contributed by atoms with van der Waals surface area (Å²) < 4.78 is 1.30. The molecule has 8 nitrogen and oxygen atoms in total.